The highest BCUT2D eigenvalue weighted by molar-refractivity contribution is 7.90. The largest absolute Gasteiger partial charge is 0.490 e. The van der Waals surface area contributed by atoms with Gasteiger partial charge in [-0.25, -0.2) is 8.42 Å². The number of carboxylic acid groups (broad SMARTS) is 1. The average Bonchev–Trinajstić information content (AvgIpc) is 2.68. The molecule has 2 aliphatic rings. The molecule has 7 nitrogen and oxygen atoms in total. The number of hydrogen-bond acceptors (Lipinski definition) is 5. The Balaban J connectivity index is 1.54. The SMILES string of the molecule is CS(=O)(=O)c1ccc(OC2CCN(C(=O)[C@@H]3CCCC[C@H]3C(=O)O)CC2)cc1. The van der Waals surface area contributed by atoms with Crippen molar-refractivity contribution in [2.75, 3.05) is 19.3 Å². The molecular weight excluding hydrogens is 382 g/mol. The fraction of sp³-hybridized carbons (Fsp3) is 0.600. The molecule has 1 aliphatic carbocycles. The molecular formula is C20H27NO6S. The number of benzene rings is 1. The van der Waals surface area contributed by atoms with E-state index < -0.39 is 27.6 Å². The Labute approximate surface area is 165 Å². The van der Waals surface area contributed by atoms with E-state index in [0.717, 1.165) is 19.1 Å². The number of carbonyl (C=O) groups excluding carboxylic acids is 1. The second kappa shape index (κ2) is 8.51. The molecule has 3 rings (SSSR count). The number of rotatable bonds is 5. The molecule has 1 aromatic carbocycles. The van der Waals surface area contributed by atoms with Gasteiger partial charge >= 0.3 is 5.97 Å². The Bertz CT molecular complexity index is 812. The zero-order valence-electron chi connectivity index (χ0n) is 16.0. The number of carboxylic acids is 1. The third-order valence-corrected chi connectivity index (χ3v) is 6.84. The molecule has 2 fully saturated rings. The molecule has 8 heteroatoms. The molecule has 1 heterocycles. The second-order valence-corrected chi connectivity index (χ2v) is 9.74. The van der Waals surface area contributed by atoms with Crippen molar-refractivity contribution in [1.29, 1.82) is 0 Å². The van der Waals surface area contributed by atoms with E-state index >= 15 is 0 Å². The van der Waals surface area contributed by atoms with Crippen LogP contribution in [0.3, 0.4) is 0 Å². The summed E-state index contributed by atoms with van der Waals surface area (Å²) in [5.74, 6) is -1.27. The van der Waals surface area contributed by atoms with Gasteiger partial charge < -0.3 is 14.7 Å². The van der Waals surface area contributed by atoms with E-state index in [2.05, 4.69) is 0 Å². The van der Waals surface area contributed by atoms with Crippen LogP contribution >= 0.6 is 0 Å². The number of aliphatic carboxylic acids is 1. The van der Waals surface area contributed by atoms with Crippen LogP contribution in [-0.4, -0.2) is 55.7 Å². The first-order valence-corrected chi connectivity index (χ1v) is 11.6. The summed E-state index contributed by atoms with van der Waals surface area (Å²) in [7, 11) is -3.23. The van der Waals surface area contributed by atoms with E-state index in [1.807, 2.05) is 0 Å². The standard InChI is InChI=1S/C20H27NO6S/c1-28(25,26)16-8-6-14(7-9-16)27-15-10-12-21(13-11-15)19(22)17-4-2-3-5-18(17)20(23)24/h6-9,15,17-18H,2-5,10-13H2,1H3,(H,23,24)/t17-,18-/m1/s1. The first-order valence-electron chi connectivity index (χ1n) is 9.74. The lowest BCUT2D eigenvalue weighted by Crippen LogP contribution is -2.47. The van der Waals surface area contributed by atoms with Crippen LogP contribution in [0.15, 0.2) is 29.2 Å². The van der Waals surface area contributed by atoms with E-state index in [4.69, 9.17) is 4.74 Å². The number of likely N-dealkylation sites (tertiary alicyclic amines) is 1. The Hall–Kier alpha value is -2.09. The number of nitrogens with zero attached hydrogens (tertiary/aromatic N) is 1. The van der Waals surface area contributed by atoms with Crippen LogP contribution in [0.1, 0.15) is 38.5 Å². The summed E-state index contributed by atoms with van der Waals surface area (Å²) in [6.45, 7) is 1.10. The van der Waals surface area contributed by atoms with Crippen LogP contribution in [0.5, 0.6) is 5.75 Å². The van der Waals surface area contributed by atoms with Crippen molar-refractivity contribution >= 4 is 21.7 Å². The van der Waals surface area contributed by atoms with Gasteiger partial charge in [0.15, 0.2) is 9.84 Å². The van der Waals surface area contributed by atoms with Gasteiger partial charge in [0.25, 0.3) is 0 Å². The first kappa shape index (κ1) is 20.6. The molecule has 2 atom stereocenters. The molecule has 0 unspecified atom stereocenters. The topological polar surface area (TPSA) is 101 Å². The minimum absolute atomic E-state index is 0.0388. The van der Waals surface area contributed by atoms with Gasteiger partial charge in [0.1, 0.15) is 11.9 Å². The quantitative estimate of drug-likeness (QED) is 0.801. The molecule has 0 spiro atoms. The summed E-state index contributed by atoms with van der Waals surface area (Å²) in [6, 6.07) is 6.34. The van der Waals surface area contributed by atoms with Crippen LogP contribution in [0.4, 0.5) is 0 Å². The van der Waals surface area contributed by atoms with Crippen molar-refractivity contribution in [3.63, 3.8) is 0 Å². The summed E-state index contributed by atoms with van der Waals surface area (Å²) in [5.41, 5.74) is 0. The molecule has 154 valence electrons. The second-order valence-electron chi connectivity index (χ2n) is 7.72. The van der Waals surface area contributed by atoms with Gasteiger partial charge in [-0.2, -0.15) is 0 Å². The van der Waals surface area contributed by atoms with Crippen molar-refractivity contribution in [2.45, 2.75) is 49.5 Å². The molecule has 0 aromatic heterocycles. The van der Waals surface area contributed by atoms with Crippen molar-refractivity contribution in [3.05, 3.63) is 24.3 Å². The van der Waals surface area contributed by atoms with Crippen LogP contribution in [0.25, 0.3) is 0 Å². The van der Waals surface area contributed by atoms with Crippen molar-refractivity contribution in [2.24, 2.45) is 11.8 Å². The summed E-state index contributed by atoms with van der Waals surface area (Å²) in [6.07, 6.45) is 5.46. The molecule has 1 N–H and O–H groups in total. The van der Waals surface area contributed by atoms with Crippen LogP contribution < -0.4 is 4.74 Å². The smallest absolute Gasteiger partial charge is 0.307 e. The van der Waals surface area contributed by atoms with Crippen molar-refractivity contribution < 1.29 is 27.9 Å². The maximum absolute atomic E-state index is 12.8. The zero-order valence-corrected chi connectivity index (χ0v) is 16.9. The third kappa shape index (κ3) is 4.84. The lowest BCUT2D eigenvalue weighted by atomic mass is 9.78. The predicted octanol–water partition coefficient (Wildman–Crippen LogP) is 2.35. The average molecular weight is 410 g/mol. The number of sulfone groups is 1. The fourth-order valence-corrected chi connectivity index (χ4v) is 4.74. The monoisotopic (exact) mass is 409 g/mol. The normalized spacial score (nSPS) is 24.0. The molecule has 1 aromatic rings. The molecule has 0 radical (unpaired) electrons. The Morgan fingerprint density at radius 2 is 1.57 bits per heavy atom. The maximum Gasteiger partial charge on any atom is 0.307 e. The van der Waals surface area contributed by atoms with Gasteiger partial charge in [0.05, 0.1) is 16.7 Å². The summed E-state index contributed by atoms with van der Waals surface area (Å²) in [5, 5.41) is 9.40. The van der Waals surface area contributed by atoms with Gasteiger partial charge in [-0.1, -0.05) is 12.8 Å². The summed E-state index contributed by atoms with van der Waals surface area (Å²) in [4.78, 5) is 26.3. The highest BCUT2D eigenvalue weighted by atomic mass is 32.2. The first-order chi connectivity index (χ1) is 13.3. The van der Waals surface area contributed by atoms with Crippen molar-refractivity contribution in [3.8, 4) is 5.75 Å². The maximum atomic E-state index is 12.8. The Kier molecular flexibility index (Phi) is 6.27. The van der Waals surface area contributed by atoms with E-state index in [1.54, 1.807) is 17.0 Å². The van der Waals surface area contributed by atoms with E-state index in [1.165, 1.54) is 12.1 Å². The molecule has 0 bridgehead atoms. The number of hydrogen-bond donors (Lipinski definition) is 1. The summed E-state index contributed by atoms with van der Waals surface area (Å²) >= 11 is 0. The fourth-order valence-electron chi connectivity index (χ4n) is 4.11. The van der Waals surface area contributed by atoms with Gasteiger partial charge in [0, 0.05) is 32.2 Å². The van der Waals surface area contributed by atoms with Gasteiger partial charge in [0.2, 0.25) is 5.91 Å². The number of amides is 1. The molecule has 1 amide bonds. The highest BCUT2D eigenvalue weighted by Gasteiger charge is 2.38. The van der Waals surface area contributed by atoms with E-state index in [-0.39, 0.29) is 16.9 Å². The predicted molar refractivity (Wildman–Crippen MR) is 103 cm³/mol. The third-order valence-electron chi connectivity index (χ3n) is 5.71. The van der Waals surface area contributed by atoms with Gasteiger partial charge in [-0.05, 0) is 37.1 Å². The minimum atomic E-state index is -3.23. The van der Waals surface area contributed by atoms with Crippen molar-refractivity contribution in [1.82, 2.24) is 4.90 Å². The number of carbonyl (C=O) groups is 2. The van der Waals surface area contributed by atoms with Crippen LogP contribution in [-0.2, 0) is 19.4 Å². The van der Waals surface area contributed by atoms with Gasteiger partial charge in [-0.3, -0.25) is 9.59 Å². The van der Waals surface area contributed by atoms with Crippen LogP contribution in [0.2, 0.25) is 0 Å². The number of ether oxygens (including phenoxy) is 1. The number of piperidine rings is 1. The Morgan fingerprint density at radius 1 is 1.00 bits per heavy atom. The van der Waals surface area contributed by atoms with Gasteiger partial charge in [-0.15, -0.1) is 0 Å². The highest BCUT2D eigenvalue weighted by Crippen LogP contribution is 2.32. The Morgan fingerprint density at radius 3 is 2.11 bits per heavy atom. The molecule has 1 saturated heterocycles. The minimum Gasteiger partial charge on any atom is -0.490 e. The summed E-state index contributed by atoms with van der Waals surface area (Å²) < 4.78 is 29.0. The van der Waals surface area contributed by atoms with E-state index in [0.29, 0.717) is 44.5 Å². The molecule has 1 saturated carbocycles. The lowest BCUT2D eigenvalue weighted by molar-refractivity contribution is -0.153. The van der Waals surface area contributed by atoms with Crippen LogP contribution in [0, 0.1) is 11.8 Å². The lowest BCUT2D eigenvalue weighted by Gasteiger charge is -2.37. The zero-order chi connectivity index (χ0) is 20.3. The molecule has 1 aliphatic heterocycles. The molecule has 28 heavy (non-hydrogen) atoms. The van der Waals surface area contributed by atoms with E-state index in [9.17, 15) is 23.1 Å².